The van der Waals surface area contributed by atoms with E-state index in [1.807, 2.05) is 45.9 Å². The number of oxime groups is 1. The van der Waals surface area contributed by atoms with Gasteiger partial charge in [0, 0.05) is 32.2 Å². The van der Waals surface area contributed by atoms with Crippen molar-refractivity contribution in [1.82, 2.24) is 20.9 Å². The molecule has 12 heteroatoms. The first-order valence-electron chi connectivity index (χ1n) is 15.5. The van der Waals surface area contributed by atoms with Gasteiger partial charge in [-0.05, 0) is 54.0 Å². The zero-order chi connectivity index (χ0) is 31.8. The second kappa shape index (κ2) is 12.2. The van der Waals surface area contributed by atoms with Crippen molar-refractivity contribution in [2.75, 3.05) is 13.2 Å². The summed E-state index contributed by atoms with van der Waals surface area (Å²) in [6.07, 6.45) is 3.80. The van der Waals surface area contributed by atoms with Gasteiger partial charge >= 0.3 is 0 Å². The summed E-state index contributed by atoms with van der Waals surface area (Å²) in [7, 11) is 0. The van der Waals surface area contributed by atoms with Crippen molar-refractivity contribution in [2.24, 2.45) is 10.6 Å². The molecule has 3 aliphatic heterocycles. The molecule has 12 nitrogen and oxygen atoms in total. The summed E-state index contributed by atoms with van der Waals surface area (Å²) in [5.41, 5.74) is 1.05. The predicted molar refractivity (Wildman–Crippen MR) is 161 cm³/mol. The molecule has 4 amide bonds. The first kappa shape index (κ1) is 31.5. The first-order chi connectivity index (χ1) is 20.8. The van der Waals surface area contributed by atoms with Gasteiger partial charge in [0.25, 0.3) is 5.91 Å². The number of ether oxygens (including phenoxy) is 1. The Kier molecular flexibility index (Phi) is 8.73. The number of Topliss-reactive ketones (excluding diaryl/α,β-unsaturated/α-hetero) is 1. The van der Waals surface area contributed by atoms with E-state index in [1.165, 1.54) is 11.8 Å². The Bertz CT molecular complexity index is 1380. The summed E-state index contributed by atoms with van der Waals surface area (Å²) in [5.74, 6) is -1.91. The maximum atomic E-state index is 14.1. The molecule has 0 aromatic heterocycles. The van der Waals surface area contributed by atoms with Crippen LogP contribution in [0.25, 0.3) is 0 Å². The van der Waals surface area contributed by atoms with Gasteiger partial charge in [0.15, 0.2) is 5.60 Å². The molecule has 2 fully saturated rings. The van der Waals surface area contributed by atoms with Crippen LogP contribution < -0.4 is 20.7 Å². The van der Waals surface area contributed by atoms with Gasteiger partial charge in [-0.1, -0.05) is 39.3 Å². The fraction of sp³-hybridized carbons (Fsp3) is 0.625. The van der Waals surface area contributed by atoms with Gasteiger partial charge < -0.3 is 30.4 Å². The SMILES string of the molecule is CCC[C@H](NC(=O)[C@@H]1C[C@]2(CC(c3ccc4c(c3)CCO4)=NO2)CN1C(=O)[C@@H](NC(C)=O)C(C)(C)C)C(=O)C(=O)NC1CC1. The van der Waals surface area contributed by atoms with Crippen LogP contribution >= 0.6 is 0 Å². The standard InChI is InChI=1S/C32H43N5O7/c1-6-7-22(26(39)29(41)34-21-9-10-21)35-28(40)24-16-32(17-37(24)30(42)27(31(3,4)5)33-18(2)38)15-23(36-44-32)19-8-11-25-20(14-19)12-13-43-25/h8,11,14,21-22,24,27H,6-7,9-10,12-13,15-17H2,1-5H3,(H,33,38)(H,34,41)(H,35,40)/t22-,24-,27+,32+/m0/s1. The normalized spacial score (nSPS) is 23.6. The molecule has 238 valence electrons. The molecule has 1 aromatic carbocycles. The largest absolute Gasteiger partial charge is 0.493 e. The van der Waals surface area contributed by atoms with Crippen LogP contribution in [0.2, 0.25) is 0 Å². The van der Waals surface area contributed by atoms with Gasteiger partial charge in [-0.2, -0.15) is 0 Å². The van der Waals surface area contributed by atoms with Crippen LogP contribution in [0.15, 0.2) is 23.4 Å². The highest BCUT2D eigenvalue weighted by atomic mass is 16.7. The first-order valence-corrected chi connectivity index (χ1v) is 15.5. The molecule has 1 spiro atoms. The van der Waals surface area contributed by atoms with E-state index in [-0.39, 0.29) is 31.3 Å². The lowest BCUT2D eigenvalue weighted by molar-refractivity contribution is -0.145. The van der Waals surface area contributed by atoms with Crippen LogP contribution in [-0.4, -0.2) is 82.9 Å². The molecule has 0 bridgehead atoms. The molecule has 1 aliphatic carbocycles. The van der Waals surface area contributed by atoms with Gasteiger partial charge in [0.05, 0.1) is 24.9 Å². The minimum Gasteiger partial charge on any atom is -0.493 e. The highest BCUT2D eigenvalue weighted by molar-refractivity contribution is 6.38. The van der Waals surface area contributed by atoms with Crippen molar-refractivity contribution in [1.29, 1.82) is 0 Å². The Balaban J connectivity index is 1.39. The second-order valence-corrected chi connectivity index (χ2v) is 13.6. The molecule has 1 aromatic rings. The van der Waals surface area contributed by atoms with Crippen molar-refractivity contribution in [3.8, 4) is 5.75 Å². The average molecular weight is 610 g/mol. The van der Waals surface area contributed by atoms with E-state index in [0.717, 1.165) is 36.1 Å². The van der Waals surface area contributed by atoms with Crippen LogP contribution in [0.3, 0.4) is 0 Å². The van der Waals surface area contributed by atoms with Crippen LogP contribution in [0.4, 0.5) is 0 Å². The van der Waals surface area contributed by atoms with Crippen molar-refractivity contribution in [3.63, 3.8) is 0 Å². The summed E-state index contributed by atoms with van der Waals surface area (Å²) >= 11 is 0. The number of fused-ring (bicyclic) bond motifs is 1. The number of rotatable bonds is 10. The number of benzene rings is 1. The monoisotopic (exact) mass is 609 g/mol. The van der Waals surface area contributed by atoms with E-state index in [1.54, 1.807) is 0 Å². The number of ketones is 1. The quantitative estimate of drug-likeness (QED) is 0.342. The Morgan fingerprint density at radius 3 is 2.55 bits per heavy atom. The Hall–Kier alpha value is -3.96. The maximum Gasteiger partial charge on any atom is 0.289 e. The molecular formula is C32H43N5O7. The summed E-state index contributed by atoms with van der Waals surface area (Å²) in [5, 5.41) is 12.6. The smallest absolute Gasteiger partial charge is 0.289 e. The predicted octanol–water partition coefficient (Wildman–Crippen LogP) is 1.77. The topological polar surface area (TPSA) is 156 Å². The van der Waals surface area contributed by atoms with E-state index in [2.05, 4.69) is 21.1 Å². The Morgan fingerprint density at radius 1 is 1.14 bits per heavy atom. The van der Waals surface area contributed by atoms with E-state index in [4.69, 9.17) is 9.57 Å². The lowest BCUT2D eigenvalue weighted by Gasteiger charge is -2.35. The van der Waals surface area contributed by atoms with Gasteiger partial charge in [0.1, 0.15) is 17.8 Å². The minimum absolute atomic E-state index is 0.00208. The van der Waals surface area contributed by atoms with Crippen LogP contribution in [0.1, 0.15) is 84.3 Å². The molecule has 0 radical (unpaired) electrons. The van der Waals surface area contributed by atoms with Gasteiger partial charge in [-0.25, -0.2) is 0 Å². The van der Waals surface area contributed by atoms with Gasteiger partial charge in [-0.15, -0.1) is 0 Å². The molecule has 1 saturated heterocycles. The third kappa shape index (κ3) is 6.73. The van der Waals surface area contributed by atoms with E-state index < -0.39 is 52.6 Å². The van der Waals surface area contributed by atoms with E-state index in [0.29, 0.717) is 25.2 Å². The van der Waals surface area contributed by atoms with Crippen molar-refractivity contribution in [3.05, 3.63) is 29.3 Å². The highest BCUT2D eigenvalue weighted by Crippen LogP contribution is 2.40. The summed E-state index contributed by atoms with van der Waals surface area (Å²) < 4.78 is 5.63. The fourth-order valence-electron chi connectivity index (χ4n) is 6.14. The molecule has 1 saturated carbocycles. The Morgan fingerprint density at radius 2 is 1.89 bits per heavy atom. The number of carbonyl (C=O) groups excluding carboxylic acids is 5. The Labute approximate surface area is 257 Å². The van der Waals surface area contributed by atoms with Gasteiger partial charge in [-0.3, -0.25) is 24.0 Å². The third-order valence-corrected chi connectivity index (χ3v) is 8.65. The molecule has 3 N–H and O–H groups in total. The lowest BCUT2D eigenvalue weighted by Crippen LogP contribution is -2.59. The summed E-state index contributed by atoms with van der Waals surface area (Å²) in [6, 6.07) is 2.92. The molecule has 3 heterocycles. The molecule has 5 rings (SSSR count). The second-order valence-electron chi connectivity index (χ2n) is 13.6. The number of nitrogens with one attached hydrogen (secondary N) is 3. The van der Waals surface area contributed by atoms with Crippen molar-refractivity contribution < 1.29 is 33.5 Å². The summed E-state index contributed by atoms with van der Waals surface area (Å²) in [6.45, 7) is 9.42. The average Bonchev–Trinajstić information content (AvgIpc) is 3.34. The summed E-state index contributed by atoms with van der Waals surface area (Å²) in [4.78, 5) is 73.3. The molecular weight excluding hydrogens is 566 g/mol. The van der Waals surface area contributed by atoms with Crippen LogP contribution in [0, 0.1) is 5.41 Å². The lowest BCUT2D eigenvalue weighted by atomic mass is 9.85. The molecule has 0 unspecified atom stereocenters. The van der Waals surface area contributed by atoms with Crippen LogP contribution in [0.5, 0.6) is 5.75 Å². The zero-order valence-corrected chi connectivity index (χ0v) is 26.2. The van der Waals surface area contributed by atoms with Gasteiger partial charge in [0.2, 0.25) is 23.5 Å². The molecule has 4 aliphatic rings. The number of likely N-dealkylation sites (tertiary alicyclic amines) is 1. The molecule has 4 atom stereocenters. The van der Waals surface area contributed by atoms with Crippen molar-refractivity contribution in [2.45, 2.75) is 109 Å². The molecule has 44 heavy (non-hydrogen) atoms. The minimum atomic E-state index is -1.03. The number of carbonyl (C=O) groups is 5. The number of nitrogens with zero attached hydrogens (tertiary/aromatic N) is 2. The van der Waals surface area contributed by atoms with Crippen LogP contribution in [-0.2, 0) is 35.2 Å². The zero-order valence-electron chi connectivity index (χ0n) is 26.2. The van der Waals surface area contributed by atoms with E-state index >= 15 is 0 Å². The fourth-order valence-corrected chi connectivity index (χ4v) is 6.14. The highest BCUT2D eigenvalue weighted by Gasteiger charge is 2.55. The van der Waals surface area contributed by atoms with E-state index in [9.17, 15) is 24.0 Å². The maximum absolute atomic E-state index is 14.1. The number of amides is 4. The van der Waals surface area contributed by atoms with Crippen molar-refractivity contribution >= 4 is 35.1 Å². The number of hydrogen-bond acceptors (Lipinski definition) is 8. The third-order valence-electron chi connectivity index (χ3n) is 8.65. The number of hydrogen-bond donors (Lipinski definition) is 3.